The standard InChI is InChI=1S/C16H26O3/c17-10-9-15-13-8-7-12(11-13)14(15)5-3-1-2-4-6-16(18)19/h1,3,12-15,17H,2,4-11H2,(H,18,19)/t12-,13+,14-,15+/m0/s1. The molecule has 2 bridgehead atoms. The van der Waals surface area contributed by atoms with E-state index >= 15 is 0 Å². The summed E-state index contributed by atoms with van der Waals surface area (Å²) >= 11 is 0. The fraction of sp³-hybridized carbons (Fsp3) is 0.812. The molecule has 2 aliphatic rings. The zero-order valence-corrected chi connectivity index (χ0v) is 11.6. The molecule has 4 atom stereocenters. The molecule has 0 aliphatic heterocycles. The maximum absolute atomic E-state index is 10.4. The van der Waals surface area contributed by atoms with Gasteiger partial charge in [-0.3, -0.25) is 4.79 Å². The zero-order chi connectivity index (χ0) is 13.7. The Hall–Kier alpha value is -0.830. The molecular formula is C16H26O3. The second-order valence-electron chi connectivity index (χ2n) is 6.17. The van der Waals surface area contributed by atoms with Crippen LogP contribution < -0.4 is 0 Å². The van der Waals surface area contributed by atoms with Crippen molar-refractivity contribution in [1.29, 1.82) is 0 Å². The molecular weight excluding hydrogens is 240 g/mol. The highest BCUT2D eigenvalue weighted by molar-refractivity contribution is 5.66. The summed E-state index contributed by atoms with van der Waals surface area (Å²) in [5, 5.41) is 17.8. The lowest BCUT2D eigenvalue weighted by molar-refractivity contribution is -0.137. The van der Waals surface area contributed by atoms with E-state index in [2.05, 4.69) is 12.2 Å². The average molecular weight is 266 g/mol. The molecule has 0 unspecified atom stereocenters. The molecule has 2 saturated carbocycles. The number of unbranched alkanes of at least 4 members (excludes halogenated alkanes) is 1. The largest absolute Gasteiger partial charge is 0.481 e. The first-order valence-electron chi connectivity index (χ1n) is 7.70. The fourth-order valence-electron chi connectivity index (χ4n) is 4.24. The first-order chi connectivity index (χ1) is 9.22. The van der Waals surface area contributed by atoms with Gasteiger partial charge in [0.25, 0.3) is 0 Å². The van der Waals surface area contributed by atoms with Crippen LogP contribution in [0.2, 0.25) is 0 Å². The van der Waals surface area contributed by atoms with Gasteiger partial charge in [0, 0.05) is 13.0 Å². The number of allylic oxidation sites excluding steroid dienone is 2. The van der Waals surface area contributed by atoms with Gasteiger partial charge in [0.2, 0.25) is 0 Å². The molecule has 0 radical (unpaired) electrons. The van der Waals surface area contributed by atoms with E-state index in [0.717, 1.165) is 49.4 Å². The summed E-state index contributed by atoms with van der Waals surface area (Å²) in [5.41, 5.74) is 0. The van der Waals surface area contributed by atoms with Gasteiger partial charge in [-0.2, -0.15) is 0 Å². The summed E-state index contributed by atoms with van der Waals surface area (Å²) in [6, 6.07) is 0. The Bertz CT molecular complexity index is 324. The van der Waals surface area contributed by atoms with Crippen molar-refractivity contribution in [3.05, 3.63) is 12.2 Å². The fourth-order valence-corrected chi connectivity index (χ4v) is 4.24. The quantitative estimate of drug-likeness (QED) is 0.524. The highest BCUT2D eigenvalue weighted by Gasteiger charge is 2.45. The van der Waals surface area contributed by atoms with Gasteiger partial charge in [-0.05, 0) is 68.6 Å². The Morgan fingerprint density at radius 2 is 1.89 bits per heavy atom. The Morgan fingerprint density at radius 1 is 1.16 bits per heavy atom. The molecule has 0 spiro atoms. The summed E-state index contributed by atoms with van der Waals surface area (Å²) in [5.74, 6) is 2.53. The first-order valence-corrected chi connectivity index (χ1v) is 7.70. The number of aliphatic carboxylic acids is 1. The maximum Gasteiger partial charge on any atom is 0.303 e. The Balaban J connectivity index is 1.72. The minimum absolute atomic E-state index is 0.269. The van der Waals surface area contributed by atoms with Crippen LogP contribution in [0, 0.1) is 23.7 Å². The number of carbonyl (C=O) groups is 1. The third-order valence-electron chi connectivity index (χ3n) is 5.07. The number of carboxylic acid groups (broad SMARTS) is 1. The zero-order valence-electron chi connectivity index (χ0n) is 11.6. The smallest absolute Gasteiger partial charge is 0.303 e. The Kier molecular flexibility index (Phi) is 5.44. The lowest BCUT2D eigenvalue weighted by atomic mass is 9.76. The number of hydrogen-bond acceptors (Lipinski definition) is 2. The number of aliphatic hydroxyl groups is 1. The van der Waals surface area contributed by atoms with Crippen molar-refractivity contribution in [2.24, 2.45) is 23.7 Å². The summed E-state index contributed by atoms with van der Waals surface area (Å²) in [6.07, 6.45) is 12.5. The van der Waals surface area contributed by atoms with Crippen molar-refractivity contribution in [3.8, 4) is 0 Å². The van der Waals surface area contributed by atoms with Crippen molar-refractivity contribution in [3.63, 3.8) is 0 Å². The van der Waals surface area contributed by atoms with Crippen LogP contribution in [0.4, 0.5) is 0 Å². The highest BCUT2D eigenvalue weighted by atomic mass is 16.4. The van der Waals surface area contributed by atoms with Crippen molar-refractivity contribution < 1.29 is 15.0 Å². The minimum Gasteiger partial charge on any atom is -0.481 e. The van der Waals surface area contributed by atoms with E-state index in [4.69, 9.17) is 5.11 Å². The Morgan fingerprint density at radius 3 is 2.58 bits per heavy atom. The monoisotopic (exact) mass is 266 g/mol. The van der Waals surface area contributed by atoms with Gasteiger partial charge in [0.05, 0.1) is 0 Å². The molecule has 2 N–H and O–H groups in total. The van der Waals surface area contributed by atoms with Crippen LogP contribution >= 0.6 is 0 Å². The molecule has 0 saturated heterocycles. The summed E-state index contributed by atoms with van der Waals surface area (Å²) in [6.45, 7) is 0.326. The van der Waals surface area contributed by atoms with Crippen molar-refractivity contribution in [2.45, 2.75) is 51.4 Å². The van der Waals surface area contributed by atoms with E-state index in [-0.39, 0.29) is 6.42 Å². The van der Waals surface area contributed by atoms with Crippen LogP contribution in [0.1, 0.15) is 51.4 Å². The van der Waals surface area contributed by atoms with Crippen LogP contribution in [0.3, 0.4) is 0 Å². The van der Waals surface area contributed by atoms with E-state index in [9.17, 15) is 9.90 Å². The number of carboxylic acids is 1. The predicted octanol–water partition coefficient (Wildman–Crippen LogP) is 3.23. The number of rotatable bonds is 8. The molecule has 0 aromatic carbocycles. The van der Waals surface area contributed by atoms with Crippen molar-refractivity contribution in [1.82, 2.24) is 0 Å². The van der Waals surface area contributed by atoms with E-state index in [1.54, 1.807) is 0 Å². The topological polar surface area (TPSA) is 57.5 Å². The van der Waals surface area contributed by atoms with Gasteiger partial charge in [0.15, 0.2) is 0 Å². The van der Waals surface area contributed by atoms with E-state index in [0.29, 0.717) is 6.61 Å². The normalized spacial score (nSPS) is 33.3. The van der Waals surface area contributed by atoms with Gasteiger partial charge in [0.1, 0.15) is 0 Å². The first kappa shape index (κ1) is 14.6. The third-order valence-corrected chi connectivity index (χ3v) is 5.07. The molecule has 2 aliphatic carbocycles. The second kappa shape index (κ2) is 7.09. The van der Waals surface area contributed by atoms with Crippen LogP contribution in [-0.4, -0.2) is 22.8 Å². The summed E-state index contributed by atoms with van der Waals surface area (Å²) < 4.78 is 0. The van der Waals surface area contributed by atoms with E-state index in [1.165, 1.54) is 19.3 Å². The molecule has 0 amide bonds. The maximum atomic E-state index is 10.4. The lowest BCUT2D eigenvalue weighted by Crippen LogP contribution is -2.22. The van der Waals surface area contributed by atoms with Crippen LogP contribution in [0.25, 0.3) is 0 Å². The van der Waals surface area contributed by atoms with Crippen LogP contribution in [0.15, 0.2) is 12.2 Å². The number of aliphatic hydroxyl groups excluding tert-OH is 1. The van der Waals surface area contributed by atoms with Crippen LogP contribution in [0.5, 0.6) is 0 Å². The minimum atomic E-state index is -0.704. The predicted molar refractivity (Wildman–Crippen MR) is 74.8 cm³/mol. The second-order valence-corrected chi connectivity index (χ2v) is 6.17. The van der Waals surface area contributed by atoms with Crippen molar-refractivity contribution >= 4 is 5.97 Å². The lowest BCUT2D eigenvalue weighted by Gasteiger charge is -2.30. The van der Waals surface area contributed by atoms with E-state index < -0.39 is 5.97 Å². The highest BCUT2D eigenvalue weighted by Crippen LogP contribution is 2.54. The molecule has 0 aromatic rings. The molecule has 0 heterocycles. The number of hydrogen-bond donors (Lipinski definition) is 2. The molecule has 19 heavy (non-hydrogen) atoms. The number of fused-ring (bicyclic) bond motifs is 2. The van der Waals surface area contributed by atoms with Gasteiger partial charge >= 0.3 is 5.97 Å². The molecule has 2 fully saturated rings. The van der Waals surface area contributed by atoms with Crippen LogP contribution in [-0.2, 0) is 4.79 Å². The summed E-state index contributed by atoms with van der Waals surface area (Å²) in [4.78, 5) is 10.4. The van der Waals surface area contributed by atoms with Gasteiger partial charge in [-0.1, -0.05) is 12.2 Å². The average Bonchev–Trinajstić information content (AvgIpc) is 2.95. The Labute approximate surface area is 115 Å². The van der Waals surface area contributed by atoms with Gasteiger partial charge in [-0.15, -0.1) is 0 Å². The summed E-state index contributed by atoms with van der Waals surface area (Å²) in [7, 11) is 0. The molecule has 2 rings (SSSR count). The SMILES string of the molecule is O=C(O)CCCC=CC[C@H]1[C@H]2CC[C@H](C2)[C@H]1CCO. The third kappa shape index (κ3) is 3.82. The van der Waals surface area contributed by atoms with Gasteiger partial charge < -0.3 is 10.2 Å². The molecule has 0 aromatic heterocycles. The molecule has 3 nitrogen and oxygen atoms in total. The van der Waals surface area contributed by atoms with Gasteiger partial charge in [-0.25, -0.2) is 0 Å². The van der Waals surface area contributed by atoms with Crippen molar-refractivity contribution in [2.75, 3.05) is 6.61 Å². The molecule has 3 heteroatoms. The van der Waals surface area contributed by atoms with E-state index in [1.807, 2.05) is 0 Å². The molecule has 108 valence electrons.